The van der Waals surface area contributed by atoms with Crippen LogP contribution in [0.4, 0.5) is 0 Å². The van der Waals surface area contributed by atoms with Crippen LogP contribution in [0.5, 0.6) is 0 Å². The third kappa shape index (κ3) is 2.61. The molecular formula is C25H25N3O5. The number of fused-ring (bicyclic) bond motifs is 10. The lowest BCUT2D eigenvalue weighted by Crippen LogP contribution is -2.48. The summed E-state index contributed by atoms with van der Waals surface area (Å²) in [5.41, 5.74) is 0. The number of hydrogen-bond donors (Lipinski definition) is 0. The molecule has 4 fully saturated rings. The van der Waals surface area contributed by atoms with Crippen molar-refractivity contribution in [2.75, 3.05) is 13.3 Å². The molecule has 0 radical (unpaired) electrons. The number of amides is 4. The van der Waals surface area contributed by atoms with Crippen molar-refractivity contribution < 1.29 is 23.6 Å². The van der Waals surface area contributed by atoms with Crippen molar-refractivity contribution in [3.05, 3.63) is 48.5 Å². The Hall–Kier alpha value is -3.00. The summed E-state index contributed by atoms with van der Waals surface area (Å²) in [6, 6.07) is 3.58. The van der Waals surface area contributed by atoms with Gasteiger partial charge in [0, 0.05) is 0 Å². The van der Waals surface area contributed by atoms with E-state index < -0.39 is 0 Å². The predicted octanol–water partition coefficient (Wildman–Crippen LogP) is 1.61. The molecule has 2 saturated carbocycles. The molecule has 1 aromatic rings. The largest absolute Gasteiger partial charge is 0.468 e. The van der Waals surface area contributed by atoms with Crippen molar-refractivity contribution in [1.29, 1.82) is 0 Å². The van der Waals surface area contributed by atoms with Gasteiger partial charge in [0.05, 0.1) is 49.8 Å². The van der Waals surface area contributed by atoms with Gasteiger partial charge in [-0.15, -0.1) is 0 Å². The first-order valence-electron chi connectivity index (χ1n) is 11.8. The molecule has 4 amide bonds. The Morgan fingerprint density at radius 1 is 0.727 bits per heavy atom. The molecule has 0 aromatic carbocycles. The molecule has 2 saturated heterocycles. The van der Waals surface area contributed by atoms with E-state index in [0.717, 1.165) is 12.8 Å². The highest BCUT2D eigenvalue weighted by molar-refractivity contribution is 6.07. The van der Waals surface area contributed by atoms with Gasteiger partial charge in [0.1, 0.15) is 5.76 Å². The lowest BCUT2D eigenvalue weighted by Gasteiger charge is -2.30. The topological polar surface area (TPSA) is 91.1 Å². The molecule has 0 unspecified atom stereocenters. The Morgan fingerprint density at radius 2 is 1.15 bits per heavy atom. The first-order valence-corrected chi connectivity index (χ1v) is 11.8. The van der Waals surface area contributed by atoms with Gasteiger partial charge >= 0.3 is 0 Å². The summed E-state index contributed by atoms with van der Waals surface area (Å²) in [5.74, 6) is -0.396. The maximum atomic E-state index is 13.2. The number of carbonyl (C=O) groups is 4. The summed E-state index contributed by atoms with van der Waals surface area (Å²) in [7, 11) is 0. The molecule has 33 heavy (non-hydrogen) atoms. The predicted molar refractivity (Wildman–Crippen MR) is 113 cm³/mol. The molecule has 8 heteroatoms. The lowest BCUT2D eigenvalue weighted by atomic mass is 9.85. The molecule has 4 bridgehead atoms. The first-order chi connectivity index (χ1) is 16.0. The molecular weight excluding hydrogens is 422 g/mol. The van der Waals surface area contributed by atoms with Crippen LogP contribution >= 0.6 is 0 Å². The van der Waals surface area contributed by atoms with Crippen molar-refractivity contribution >= 4 is 23.6 Å². The minimum absolute atomic E-state index is 0.0440. The molecule has 6 aliphatic rings. The van der Waals surface area contributed by atoms with Crippen molar-refractivity contribution in [3.63, 3.8) is 0 Å². The van der Waals surface area contributed by atoms with Crippen LogP contribution in [0.1, 0.15) is 18.6 Å². The Bertz CT molecular complexity index is 993. The number of imide groups is 2. The van der Waals surface area contributed by atoms with Crippen LogP contribution < -0.4 is 0 Å². The Labute approximate surface area is 190 Å². The van der Waals surface area contributed by atoms with Crippen molar-refractivity contribution in [1.82, 2.24) is 14.7 Å². The van der Waals surface area contributed by atoms with Gasteiger partial charge in [-0.3, -0.25) is 33.9 Å². The molecule has 3 heterocycles. The summed E-state index contributed by atoms with van der Waals surface area (Å²) in [6.07, 6.45) is 11.6. The van der Waals surface area contributed by atoms with Gasteiger partial charge in [-0.25, -0.2) is 0 Å². The number of rotatable bonds is 6. The van der Waals surface area contributed by atoms with E-state index in [1.807, 2.05) is 6.07 Å². The van der Waals surface area contributed by atoms with Gasteiger partial charge in [-0.2, -0.15) is 0 Å². The van der Waals surface area contributed by atoms with Gasteiger partial charge in [0.15, 0.2) is 0 Å². The van der Waals surface area contributed by atoms with Crippen LogP contribution in [0, 0.1) is 47.3 Å². The van der Waals surface area contributed by atoms with E-state index in [0.29, 0.717) is 12.3 Å². The Kier molecular flexibility index (Phi) is 3.99. The van der Waals surface area contributed by atoms with Gasteiger partial charge < -0.3 is 4.42 Å². The van der Waals surface area contributed by atoms with Crippen molar-refractivity contribution in [2.45, 2.75) is 19.4 Å². The van der Waals surface area contributed by atoms with Crippen LogP contribution in [0.25, 0.3) is 0 Å². The fourth-order valence-corrected chi connectivity index (χ4v) is 7.37. The molecule has 4 aliphatic carbocycles. The molecule has 0 spiro atoms. The summed E-state index contributed by atoms with van der Waals surface area (Å²) in [6.45, 7) is 0.382. The second-order valence-corrected chi connectivity index (χ2v) is 10.4. The van der Waals surface area contributed by atoms with Crippen molar-refractivity contribution in [3.8, 4) is 0 Å². The highest BCUT2D eigenvalue weighted by atomic mass is 16.3. The van der Waals surface area contributed by atoms with Gasteiger partial charge in [0.25, 0.3) is 0 Å². The zero-order chi connectivity index (χ0) is 22.4. The molecule has 170 valence electrons. The molecule has 1 aromatic heterocycles. The maximum Gasteiger partial charge on any atom is 0.234 e. The lowest BCUT2D eigenvalue weighted by molar-refractivity contribution is -0.146. The average molecular weight is 447 g/mol. The number of allylic oxidation sites excluding steroid dienone is 4. The second-order valence-electron chi connectivity index (χ2n) is 10.4. The van der Waals surface area contributed by atoms with Crippen LogP contribution in [0.3, 0.4) is 0 Å². The monoisotopic (exact) mass is 447 g/mol. The second kappa shape index (κ2) is 6.76. The van der Waals surface area contributed by atoms with Gasteiger partial charge in [-0.1, -0.05) is 24.3 Å². The zero-order valence-corrected chi connectivity index (χ0v) is 18.1. The third-order valence-electron chi connectivity index (χ3n) is 8.77. The molecule has 8 nitrogen and oxygen atoms in total. The molecule has 8 atom stereocenters. The summed E-state index contributed by atoms with van der Waals surface area (Å²) >= 11 is 0. The fourth-order valence-electron chi connectivity index (χ4n) is 7.37. The normalized spacial score (nSPS) is 39.8. The van der Waals surface area contributed by atoms with Crippen LogP contribution in [-0.2, 0) is 25.7 Å². The highest BCUT2D eigenvalue weighted by Crippen LogP contribution is 2.53. The van der Waals surface area contributed by atoms with Crippen molar-refractivity contribution in [2.24, 2.45) is 47.3 Å². The van der Waals surface area contributed by atoms with Gasteiger partial charge in [0.2, 0.25) is 23.6 Å². The number of nitrogens with zero attached hydrogens (tertiary/aromatic N) is 3. The number of carbonyl (C=O) groups excluding carboxylic acids is 4. The highest BCUT2D eigenvalue weighted by Gasteiger charge is 2.61. The van der Waals surface area contributed by atoms with E-state index in [1.54, 1.807) is 17.2 Å². The summed E-state index contributed by atoms with van der Waals surface area (Å²) in [4.78, 5) is 57.3. The van der Waals surface area contributed by atoms with Gasteiger partial charge in [-0.05, 0) is 48.6 Å². The molecule has 0 N–H and O–H groups in total. The summed E-state index contributed by atoms with van der Waals surface area (Å²) < 4.78 is 5.50. The SMILES string of the molecule is O=C1[C@H]2[C@H](C(=O)N1CN(Cc1ccco1)CN1C(=O)[C@H]3[C@H](C1=O)[C@H]1C=C[C@H]3C1)[C@H]1C=C[C@H]2C1. The number of furan rings is 1. The van der Waals surface area contributed by atoms with E-state index in [4.69, 9.17) is 4.42 Å². The first kappa shape index (κ1) is 19.5. The summed E-state index contributed by atoms with van der Waals surface area (Å²) in [5, 5.41) is 0. The minimum atomic E-state index is -0.269. The Morgan fingerprint density at radius 3 is 1.52 bits per heavy atom. The number of likely N-dealkylation sites (tertiary alicyclic amines) is 2. The van der Waals surface area contributed by atoms with E-state index in [2.05, 4.69) is 24.3 Å². The molecule has 7 rings (SSSR count). The zero-order valence-electron chi connectivity index (χ0n) is 18.1. The Balaban J connectivity index is 1.13. The van der Waals surface area contributed by atoms with Crippen LogP contribution in [0.15, 0.2) is 47.1 Å². The fraction of sp³-hybridized carbons (Fsp3) is 0.520. The van der Waals surface area contributed by atoms with E-state index in [1.165, 1.54) is 9.80 Å². The third-order valence-corrected chi connectivity index (χ3v) is 8.77. The average Bonchev–Trinajstić information content (AvgIpc) is 3.63. The van der Waals surface area contributed by atoms with Crippen LogP contribution in [-0.4, -0.2) is 51.7 Å². The minimum Gasteiger partial charge on any atom is -0.468 e. The quantitative estimate of drug-likeness (QED) is 0.486. The standard InChI is InChI=1S/C25H25N3O5/c29-22-18-13-3-4-14(8-13)19(18)23(30)27(22)11-26(10-17-2-1-7-33-17)12-28-24(31)20-15-5-6-16(9-15)21(20)25(28)32/h1-7,13-16,18-21H,8-12H2/t13-,14-,15-,16-,18+,19+,20+,21+/m0/s1. The van der Waals surface area contributed by atoms with E-state index in [9.17, 15) is 19.2 Å². The van der Waals surface area contributed by atoms with Crippen LogP contribution in [0.2, 0.25) is 0 Å². The molecule has 2 aliphatic heterocycles. The van der Waals surface area contributed by atoms with E-state index in [-0.39, 0.29) is 84.3 Å². The smallest absolute Gasteiger partial charge is 0.234 e. The van der Waals surface area contributed by atoms with E-state index >= 15 is 0 Å². The number of hydrogen-bond acceptors (Lipinski definition) is 6. The maximum absolute atomic E-state index is 13.2.